The van der Waals surface area contributed by atoms with E-state index in [2.05, 4.69) is 0 Å². The van der Waals surface area contributed by atoms with Crippen LogP contribution in [-0.4, -0.2) is 0 Å². The van der Waals surface area contributed by atoms with Crippen molar-refractivity contribution >= 4 is 0 Å². The SMILES string of the molecule is N#[N+][O-].[Fe]. The Hall–Kier alpha value is -0.261. The van der Waals surface area contributed by atoms with Crippen molar-refractivity contribution in [1.29, 1.82) is 5.39 Å². The van der Waals surface area contributed by atoms with Crippen molar-refractivity contribution in [3.05, 3.63) is 10.3 Å². The molecular weight excluding hydrogens is 99.9 g/mol. The second kappa shape index (κ2) is 15.2. The molecular formula is FeN2O. The van der Waals surface area contributed by atoms with Crippen LogP contribution in [0.25, 0.3) is 5.14 Å². The van der Waals surface area contributed by atoms with E-state index in [4.69, 9.17) is 10.6 Å². The monoisotopic (exact) mass is 99.9 g/mol. The van der Waals surface area contributed by atoms with Crippen LogP contribution >= 0.6 is 0 Å². The molecule has 0 aromatic rings. The molecule has 0 N–H and O–H groups in total. The maximum Gasteiger partial charge on any atom is 0.237 e. The van der Waals surface area contributed by atoms with Gasteiger partial charge in [0.1, 0.15) is 0 Å². The van der Waals surface area contributed by atoms with Crippen LogP contribution in [0.2, 0.25) is 0 Å². The Balaban J connectivity index is 0. The van der Waals surface area contributed by atoms with Gasteiger partial charge in [-0.1, -0.05) is 0 Å². The van der Waals surface area contributed by atoms with Crippen LogP contribution in [-0.2, 0) is 17.1 Å². The van der Waals surface area contributed by atoms with Gasteiger partial charge >= 0.3 is 0 Å². The Morgan fingerprint density at radius 2 is 1.75 bits per heavy atom. The molecule has 0 saturated carbocycles. The molecule has 0 radical (unpaired) electrons. The predicted molar refractivity (Wildman–Crippen MR) is 8.45 cm³/mol. The van der Waals surface area contributed by atoms with Crippen molar-refractivity contribution in [2.75, 3.05) is 0 Å². The summed E-state index contributed by atoms with van der Waals surface area (Å²) in [6.07, 6.45) is 0. The van der Waals surface area contributed by atoms with Gasteiger partial charge in [0, 0.05) is 17.1 Å². The van der Waals surface area contributed by atoms with Crippen LogP contribution in [0.3, 0.4) is 0 Å². The van der Waals surface area contributed by atoms with E-state index in [1.54, 1.807) is 0 Å². The van der Waals surface area contributed by atoms with Crippen LogP contribution in [0.15, 0.2) is 0 Å². The molecule has 0 aromatic heterocycles. The molecule has 0 heterocycles. The standard InChI is InChI=1S/Fe.N2O/c;1-2-3. The van der Waals surface area contributed by atoms with Gasteiger partial charge in [-0.3, -0.25) is 0 Å². The number of nitrogens with zero attached hydrogens (tertiary/aromatic N) is 2. The third-order valence-corrected chi connectivity index (χ3v) is 0. The van der Waals surface area contributed by atoms with Crippen LogP contribution in [0.1, 0.15) is 0 Å². The van der Waals surface area contributed by atoms with Crippen LogP contribution < -0.4 is 0 Å². The van der Waals surface area contributed by atoms with Crippen LogP contribution in [0.4, 0.5) is 0 Å². The Labute approximate surface area is 33.7 Å². The minimum atomic E-state index is 0. The first-order valence-corrected chi connectivity index (χ1v) is 0.383. The number of hydrogen-bond donors (Lipinski definition) is 0. The molecule has 4 heteroatoms. The molecule has 0 aliphatic heterocycles. The Bertz CT molecular complexity index is 27.5. The topological polar surface area (TPSA) is 51.2 Å². The zero-order valence-electron chi connectivity index (χ0n) is 1.66. The minimum absolute atomic E-state index is 0. The summed E-state index contributed by atoms with van der Waals surface area (Å²) in [6, 6.07) is 0. The van der Waals surface area contributed by atoms with Crippen molar-refractivity contribution in [2.45, 2.75) is 0 Å². The van der Waals surface area contributed by atoms with E-state index in [1.807, 2.05) is 0 Å². The molecule has 0 aliphatic carbocycles. The molecule has 0 amide bonds. The van der Waals surface area contributed by atoms with Crippen molar-refractivity contribution in [3.63, 3.8) is 0 Å². The first-order valence-electron chi connectivity index (χ1n) is 0.383. The smallest absolute Gasteiger partial charge is 0.237 e. The summed E-state index contributed by atoms with van der Waals surface area (Å²) in [6.45, 7) is 0. The third kappa shape index (κ3) is 14.0. The average molecular weight is 99.9 g/mol. The largest absolute Gasteiger partial charge is 0.463 e. The molecule has 0 atom stereocenters. The quantitative estimate of drug-likeness (QED) is 0.250. The summed E-state index contributed by atoms with van der Waals surface area (Å²) in [7, 11) is 0. The fraction of sp³-hybridized carbons (Fsp3) is 0. The summed E-state index contributed by atoms with van der Waals surface area (Å²) >= 11 is 0. The average Bonchev–Trinajstić information content (AvgIpc) is 0.918. The van der Waals surface area contributed by atoms with Gasteiger partial charge in [0.15, 0.2) is 0 Å². The van der Waals surface area contributed by atoms with Crippen molar-refractivity contribution < 1.29 is 17.1 Å². The minimum Gasteiger partial charge on any atom is -0.463 e. The molecule has 0 spiro atoms. The van der Waals surface area contributed by atoms with E-state index in [-0.39, 0.29) is 17.1 Å². The molecule has 0 aromatic carbocycles. The number of rotatable bonds is 0. The maximum absolute atomic E-state index is 8.11. The maximum atomic E-state index is 8.11. The van der Waals surface area contributed by atoms with E-state index in [0.29, 0.717) is 0 Å². The molecule has 3 nitrogen and oxygen atoms in total. The number of diazo groups is 1. The molecule has 24 valence electrons. The second-order valence-corrected chi connectivity index (χ2v) is 0.0816. The summed E-state index contributed by atoms with van der Waals surface area (Å²) in [5, 5.41) is 16.0. The van der Waals surface area contributed by atoms with Crippen LogP contribution in [0.5, 0.6) is 0 Å². The van der Waals surface area contributed by atoms with Crippen molar-refractivity contribution in [3.8, 4) is 0 Å². The Morgan fingerprint density at radius 1 is 1.75 bits per heavy atom. The van der Waals surface area contributed by atoms with Gasteiger partial charge in [-0.2, -0.15) is 0 Å². The zero-order valence-corrected chi connectivity index (χ0v) is 2.76. The van der Waals surface area contributed by atoms with E-state index in [0.717, 1.165) is 0 Å². The first-order chi connectivity index (χ1) is 1.41. The summed E-state index contributed by atoms with van der Waals surface area (Å²) < 4.78 is 0. The van der Waals surface area contributed by atoms with E-state index >= 15 is 0 Å². The van der Waals surface area contributed by atoms with Gasteiger partial charge in [0.05, 0.1) is 0 Å². The summed E-state index contributed by atoms with van der Waals surface area (Å²) in [4.78, 5) is 0. The number of hydrogen-bond acceptors (Lipinski definition) is 2. The second-order valence-electron chi connectivity index (χ2n) is 0.0816. The molecule has 0 fully saturated rings. The molecule has 0 aliphatic rings. The van der Waals surface area contributed by atoms with E-state index in [1.165, 1.54) is 5.14 Å². The Kier molecular flexibility index (Phi) is 35.1. The predicted octanol–water partition coefficient (Wildman–Crippen LogP) is 0.335. The normalized spacial score (nSPS) is 1.75. The van der Waals surface area contributed by atoms with Crippen molar-refractivity contribution in [2.24, 2.45) is 0 Å². The van der Waals surface area contributed by atoms with Gasteiger partial charge in [-0.15, -0.1) is 0 Å². The first kappa shape index (κ1) is 9.27. The van der Waals surface area contributed by atoms with E-state index < -0.39 is 0 Å². The molecule has 0 saturated heterocycles. The molecule has 0 unspecified atom stereocenters. The summed E-state index contributed by atoms with van der Waals surface area (Å²) in [5.41, 5.74) is 0. The molecule has 0 rings (SSSR count). The van der Waals surface area contributed by atoms with Gasteiger partial charge in [-0.25, -0.2) is 0 Å². The van der Waals surface area contributed by atoms with Gasteiger partial charge in [0.25, 0.3) is 0 Å². The van der Waals surface area contributed by atoms with Gasteiger partial charge < -0.3 is 5.21 Å². The van der Waals surface area contributed by atoms with Gasteiger partial charge in [-0.05, 0) is 0 Å². The van der Waals surface area contributed by atoms with Crippen molar-refractivity contribution in [1.82, 2.24) is 0 Å². The summed E-state index contributed by atoms with van der Waals surface area (Å²) in [5.74, 6) is 0. The van der Waals surface area contributed by atoms with E-state index in [9.17, 15) is 0 Å². The Morgan fingerprint density at radius 3 is 1.75 bits per heavy atom. The third-order valence-electron chi connectivity index (χ3n) is 0. The zero-order chi connectivity index (χ0) is 2.71. The van der Waals surface area contributed by atoms with Gasteiger partial charge in [0.2, 0.25) is 10.5 Å². The fourth-order valence-corrected chi connectivity index (χ4v) is 0. The molecule has 0 bridgehead atoms. The van der Waals surface area contributed by atoms with Crippen LogP contribution in [0, 0.1) is 10.6 Å². The molecule has 4 heavy (non-hydrogen) atoms. The fourth-order valence-electron chi connectivity index (χ4n) is 0.